The van der Waals surface area contributed by atoms with Crippen LogP contribution in [0.15, 0.2) is 48.5 Å². The minimum atomic E-state index is -0.537. The molecule has 0 radical (unpaired) electrons. The number of ketones is 1. The van der Waals surface area contributed by atoms with Crippen LogP contribution in [0.1, 0.15) is 28.8 Å². The van der Waals surface area contributed by atoms with Crippen LogP contribution in [-0.4, -0.2) is 30.3 Å². The van der Waals surface area contributed by atoms with Crippen molar-refractivity contribution in [3.63, 3.8) is 0 Å². The van der Waals surface area contributed by atoms with Gasteiger partial charge >= 0.3 is 5.97 Å². The van der Waals surface area contributed by atoms with Gasteiger partial charge in [0.2, 0.25) is 0 Å². The highest BCUT2D eigenvalue weighted by Crippen LogP contribution is 2.26. The first-order valence-corrected chi connectivity index (χ1v) is 7.72. The number of hydrogen-bond acceptors (Lipinski definition) is 6. The molecule has 0 bridgehead atoms. The molecule has 0 heterocycles. The maximum Gasteiger partial charge on any atom is 0.305 e. The van der Waals surface area contributed by atoms with E-state index in [4.69, 9.17) is 0 Å². The number of esters is 1. The average molecular weight is 342 g/mol. The van der Waals surface area contributed by atoms with Gasteiger partial charge in [0.15, 0.2) is 5.78 Å². The van der Waals surface area contributed by atoms with Gasteiger partial charge in [-0.2, -0.15) is 0 Å². The molecule has 1 N–H and O–H groups in total. The lowest BCUT2D eigenvalue weighted by Crippen LogP contribution is -2.09. The van der Waals surface area contributed by atoms with Gasteiger partial charge in [-0.25, -0.2) is 0 Å². The van der Waals surface area contributed by atoms with Crippen LogP contribution in [0.4, 0.5) is 11.4 Å². The molecule has 0 amide bonds. The fraction of sp³-hybridized carbons (Fsp3) is 0.222. The molecule has 2 rings (SSSR count). The largest absolute Gasteiger partial charge is 0.469 e. The van der Waals surface area contributed by atoms with Gasteiger partial charge in [-0.1, -0.05) is 30.3 Å². The van der Waals surface area contributed by atoms with E-state index in [2.05, 4.69) is 10.1 Å². The van der Waals surface area contributed by atoms with Crippen molar-refractivity contribution in [2.45, 2.75) is 12.8 Å². The Labute approximate surface area is 144 Å². The number of carbonyl (C=O) groups excluding carboxylic acids is 2. The van der Waals surface area contributed by atoms with Crippen molar-refractivity contribution in [2.24, 2.45) is 0 Å². The van der Waals surface area contributed by atoms with Crippen molar-refractivity contribution in [2.75, 3.05) is 19.0 Å². The Hall–Kier alpha value is -3.22. The van der Waals surface area contributed by atoms with Crippen molar-refractivity contribution in [3.8, 4) is 0 Å². The van der Waals surface area contributed by atoms with E-state index in [9.17, 15) is 19.7 Å². The lowest BCUT2D eigenvalue weighted by molar-refractivity contribution is -0.384. The number of nitro groups is 1. The lowest BCUT2D eigenvalue weighted by atomic mass is 10.0. The number of nitrogens with one attached hydrogen (secondary N) is 1. The summed E-state index contributed by atoms with van der Waals surface area (Å²) in [4.78, 5) is 34.2. The molecule has 0 aliphatic carbocycles. The molecular formula is C18H18N2O5. The summed E-state index contributed by atoms with van der Waals surface area (Å²) in [6.07, 6.45) is 0.705. The van der Waals surface area contributed by atoms with Gasteiger partial charge in [0.1, 0.15) is 5.69 Å². The molecule has 0 saturated carbocycles. The molecular weight excluding hydrogens is 324 g/mol. The molecule has 0 spiro atoms. The second kappa shape index (κ2) is 8.58. The third kappa shape index (κ3) is 4.87. The van der Waals surface area contributed by atoms with Crippen molar-refractivity contribution in [3.05, 3.63) is 69.8 Å². The van der Waals surface area contributed by atoms with Crippen molar-refractivity contribution < 1.29 is 19.2 Å². The molecule has 0 atom stereocenters. The summed E-state index contributed by atoms with van der Waals surface area (Å²) in [5, 5.41) is 14.2. The summed E-state index contributed by atoms with van der Waals surface area (Å²) in [6.45, 7) is 0.377. The summed E-state index contributed by atoms with van der Waals surface area (Å²) in [6, 6.07) is 12.9. The summed E-state index contributed by atoms with van der Waals surface area (Å²) < 4.78 is 4.54. The Kier molecular flexibility index (Phi) is 6.22. The highest BCUT2D eigenvalue weighted by atomic mass is 16.6. The molecule has 0 fully saturated rings. The van der Waals surface area contributed by atoms with E-state index < -0.39 is 4.92 Å². The first-order chi connectivity index (χ1) is 12.0. The molecule has 2 aromatic rings. The van der Waals surface area contributed by atoms with E-state index >= 15 is 0 Å². The molecule has 0 aliphatic heterocycles. The monoisotopic (exact) mass is 342 g/mol. The van der Waals surface area contributed by atoms with Crippen molar-refractivity contribution >= 4 is 23.1 Å². The Morgan fingerprint density at radius 3 is 2.48 bits per heavy atom. The van der Waals surface area contributed by atoms with Gasteiger partial charge in [0, 0.05) is 30.2 Å². The molecule has 0 aromatic heterocycles. The van der Waals surface area contributed by atoms with E-state index in [1.54, 1.807) is 36.4 Å². The molecule has 130 valence electrons. The van der Waals surface area contributed by atoms with E-state index in [1.807, 2.05) is 0 Å². The third-order valence-corrected chi connectivity index (χ3v) is 3.59. The summed E-state index contributed by atoms with van der Waals surface area (Å²) in [7, 11) is 1.31. The number of nitrogens with zero attached hydrogens (tertiary/aromatic N) is 1. The number of rotatable bonds is 8. The highest BCUT2D eigenvalue weighted by Gasteiger charge is 2.18. The Morgan fingerprint density at radius 1 is 1.12 bits per heavy atom. The normalized spacial score (nSPS) is 10.1. The SMILES string of the molecule is COC(=O)CCCNc1ccc(C(=O)c2ccccc2)cc1[N+](=O)[O-]. The molecule has 7 heteroatoms. The fourth-order valence-electron chi connectivity index (χ4n) is 2.29. The number of benzene rings is 2. The van der Waals surface area contributed by atoms with Crippen LogP contribution < -0.4 is 5.32 Å². The van der Waals surface area contributed by atoms with Crippen LogP contribution in [0.25, 0.3) is 0 Å². The minimum absolute atomic E-state index is 0.181. The van der Waals surface area contributed by atoms with Crippen molar-refractivity contribution in [1.29, 1.82) is 0 Å². The number of carbonyl (C=O) groups is 2. The van der Waals surface area contributed by atoms with Crippen molar-refractivity contribution in [1.82, 2.24) is 0 Å². The maximum absolute atomic E-state index is 12.4. The predicted molar refractivity (Wildman–Crippen MR) is 92.7 cm³/mol. The molecule has 7 nitrogen and oxygen atoms in total. The molecule has 0 aliphatic rings. The van der Waals surface area contributed by atoms with Crippen LogP contribution in [0, 0.1) is 10.1 Å². The quantitative estimate of drug-likeness (QED) is 0.260. The number of ether oxygens (including phenoxy) is 1. The predicted octanol–water partition coefficient (Wildman–Crippen LogP) is 3.19. The van der Waals surface area contributed by atoms with Gasteiger partial charge in [-0.3, -0.25) is 19.7 Å². The molecule has 0 saturated heterocycles. The van der Waals surface area contributed by atoms with Gasteiger partial charge < -0.3 is 10.1 Å². The van der Waals surface area contributed by atoms with Crippen LogP contribution in [0.3, 0.4) is 0 Å². The topological polar surface area (TPSA) is 98.5 Å². The summed E-state index contributed by atoms with van der Waals surface area (Å²) in [5.41, 5.74) is 0.841. The second-order valence-electron chi connectivity index (χ2n) is 5.29. The number of anilines is 1. The highest BCUT2D eigenvalue weighted by molar-refractivity contribution is 6.09. The third-order valence-electron chi connectivity index (χ3n) is 3.59. The Bertz CT molecular complexity index is 774. The maximum atomic E-state index is 12.4. The van der Waals surface area contributed by atoms with E-state index in [1.165, 1.54) is 19.2 Å². The number of nitro benzene ring substituents is 1. The van der Waals surface area contributed by atoms with Crippen LogP contribution >= 0.6 is 0 Å². The lowest BCUT2D eigenvalue weighted by Gasteiger charge is -2.08. The Balaban J connectivity index is 2.13. The zero-order valence-corrected chi connectivity index (χ0v) is 13.7. The Morgan fingerprint density at radius 2 is 1.84 bits per heavy atom. The number of hydrogen-bond donors (Lipinski definition) is 1. The average Bonchev–Trinajstić information content (AvgIpc) is 2.65. The van der Waals surface area contributed by atoms with Gasteiger partial charge in [-0.05, 0) is 18.6 Å². The summed E-state index contributed by atoms with van der Waals surface area (Å²) in [5.74, 6) is -0.610. The molecule has 25 heavy (non-hydrogen) atoms. The standard InChI is InChI=1S/C18H18N2O5/c1-25-17(21)8-5-11-19-15-10-9-14(12-16(15)20(23)24)18(22)13-6-3-2-4-7-13/h2-4,6-7,9-10,12,19H,5,8,11H2,1H3. The minimum Gasteiger partial charge on any atom is -0.469 e. The van der Waals surface area contributed by atoms with Crippen LogP contribution in [0.5, 0.6) is 0 Å². The fourth-order valence-corrected chi connectivity index (χ4v) is 2.29. The smallest absolute Gasteiger partial charge is 0.305 e. The van der Waals surface area contributed by atoms with E-state index in [0.717, 1.165) is 0 Å². The van der Waals surface area contributed by atoms with Crippen LogP contribution in [0.2, 0.25) is 0 Å². The zero-order valence-electron chi connectivity index (χ0n) is 13.7. The first kappa shape index (κ1) is 18.1. The molecule has 0 unspecified atom stereocenters. The number of methoxy groups -OCH3 is 1. The van der Waals surface area contributed by atoms with E-state index in [0.29, 0.717) is 24.2 Å². The van der Waals surface area contributed by atoms with Gasteiger partial charge in [0.25, 0.3) is 5.69 Å². The zero-order chi connectivity index (χ0) is 18.2. The molecule has 2 aromatic carbocycles. The second-order valence-corrected chi connectivity index (χ2v) is 5.29. The van der Waals surface area contributed by atoms with Gasteiger partial charge in [-0.15, -0.1) is 0 Å². The van der Waals surface area contributed by atoms with Gasteiger partial charge in [0.05, 0.1) is 12.0 Å². The van der Waals surface area contributed by atoms with E-state index in [-0.39, 0.29) is 29.4 Å². The summed E-state index contributed by atoms with van der Waals surface area (Å²) >= 11 is 0. The first-order valence-electron chi connectivity index (χ1n) is 7.72. The van der Waals surface area contributed by atoms with Crippen LogP contribution in [-0.2, 0) is 9.53 Å².